The Morgan fingerprint density at radius 1 is 1.04 bits per heavy atom. The number of rotatable bonds is 10. The van der Waals surface area contributed by atoms with Gasteiger partial charge in [-0.05, 0) is 43.4 Å². The van der Waals surface area contributed by atoms with E-state index in [9.17, 15) is 44.7 Å². The van der Waals surface area contributed by atoms with E-state index in [1.54, 1.807) is 0 Å². The maximum Gasteiger partial charge on any atom is 0.435 e. The van der Waals surface area contributed by atoms with Crippen LogP contribution in [0.1, 0.15) is 57.8 Å². The first-order chi connectivity index (χ1) is 23.4. The van der Waals surface area contributed by atoms with Crippen molar-refractivity contribution in [3.63, 3.8) is 0 Å². The molecule has 0 radical (unpaired) electrons. The number of amides is 2. The molecule has 0 aliphatic heterocycles. The molecule has 1 aliphatic carbocycles. The van der Waals surface area contributed by atoms with Crippen LogP contribution >= 0.6 is 23.2 Å². The van der Waals surface area contributed by atoms with Crippen molar-refractivity contribution in [2.24, 2.45) is 13.0 Å². The second kappa shape index (κ2) is 14.5. The number of imidazole rings is 1. The van der Waals surface area contributed by atoms with Crippen LogP contribution in [0.4, 0.5) is 46.8 Å². The summed E-state index contributed by atoms with van der Waals surface area (Å²) in [5.74, 6) is -3.66. The molecule has 1 aliphatic rings. The molecule has 5 rings (SSSR count). The highest BCUT2D eigenvalue weighted by Gasteiger charge is 2.41. The minimum atomic E-state index is -4.75. The average molecular weight is 757 g/mol. The van der Waals surface area contributed by atoms with E-state index >= 15 is 0 Å². The van der Waals surface area contributed by atoms with Gasteiger partial charge < -0.3 is 25.7 Å². The molecule has 4 N–H and O–H groups in total. The minimum absolute atomic E-state index is 0.00605. The van der Waals surface area contributed by atoms with Crippen LogP contribution in [-0.4, -0.2) is 61.8 Å². The van der Waals surface area contributed by atoms with Crippen molar-refractivity contribution in [2.75, 3.05) is 11.9 Å². The maximum absolute atomic E-state index is 13.2. The molecule has 1 aromatic carbocycles. The van der Waals surface area contributed by atoms with Crippen LogP contribution in [0.25, 0.3) is 11.2 Å². The van der Waals surface area contributed by atoms with Gasteiger partial charge in [-0.1, -0.05) is 29.3 Å². The Kier molecular flexibility index (Phi) is 10.7. The van der Waals surface area contributed by atoms with E-state index < -0.39 is 60.7 Å². The number of H-pyrrole nitrogens is 1. The molecule has 0 spiro atoms. The molecule has 50 heavy (non-hydrogen) atoms. The average Bonchev–Trinajstić information content (AvgIpc) is 3.63. The van der Waals surface area contributed by atoms with Gasteiger partial charge in [0, 0.05) is 25.7 Å². The summed E-state index contributed by atoms with van der Waals surface area (Å²) in [6.45, 7) is -1.34. The van der Waals surface area contributed by atoms with Gasteiger partial charge in [-0.15, -0.1) is 0 Å². The van der Waals surface area contributed by atoms with Gasteiger partial charge in [0.25, 0.3) is 18.2 Å². The second-order valence-corrected chi connectivity index (χ2v) is 12.1. The first kappa shape index (κ1) is 36.9. The van der Waals surface area contributed by atoms with Gasteiger partial charge in [0.2, 0.25) is 11.8 Å². The summed E-state index contributed by atoms with van der Waals surface area (Å²) in [6, 6.07) is 4.12. The number of hydrogen-bond donors (Lipinski definition) is 4. The summed E-state index contributed by atoms with van der Waals surface area (Å²) in [5, 5.41) is 11.3. The molecule has 1 fully saturated rings. The smallest absolute Gasteiger partial charge is 0.435 e. The van der Waals surface area contributed by atoms with Crippen LogP contribution in [0.5, 0.6) is 5.88 Å². The molecule has 0 unspecified atom stereocenters. The predicted octanol–water partition coefficient (Wildman–Crippen LogP) is 7.19. The van der Waals surface area contributed by atoms with Crippen LogP contribution < -0.4 is 20.7 Å². The molecule has 4 aromatic rings. The van der Waals surface area contributed by atoms with E-state index in [0.717, 1.165) is 4.68 Å². The number of halogens is 10. The molecule has 2 amide bonds. The lowest BCUT2D eigenvalue weighted by atomic mass is 9.85. The highest BCUT2D eigenvalue weighted by atomic mass is 35.5. The third kappa shape index (κ3) is 8.48. The zero-order valence-electron chi connectivity index (χ0n) is 25.6. The lowest BCUT2D eigenvalue weighted by Crippen LogP contribution is -2.40. The van der Waals surface area contributed by atoms with Gasteiger partial charge in [0.1, 0.15) is 11.3 Å². The van der Waals surface area contributed by atoms with Crippen molar-refractivity contribution in [2.45, 2.75) is 57.0 Å². The number of alkyl halides is 8. The molecule has 11 nitrogen and oxygen atoms in total. The van der Waals surface area contributed by atoms with E-state index in [1.807, 2.05) is 0 Å². The van der Waals surface area contributed by atoms with Crippen LogP contribution in [0.3, 0.4) is 0 Å². The summed E-state index contributed by atoms with van der Waals surface area (Å²) in [7, 11) is 1.18. The van der Waals surface area contributed by atoms with Crippen LogP contribution in [-0.2, 0) is 19.8 Å². The van der Waals surface area contributed by atoms with Crippen LogP contribution in [0.15, 0.2) is 24.3 Å². The molecule has 270 valence electrons. The quantitative estimate of drug-likeness (QED) is 0.126. The van der Waals surface area contributed by atoms with Crippen LogP contribution in [0.2, 0.25) is 10.0 Å². The standard InChI is InChI=1S/C29H26Cl2F8N8O3/c1-47-18(9-19(46-47)29(37,38)39)25(49)40-10-12-2-7-16(30)22(21(12)31)43-27-42-17-8-15(26(44-23(17)45-27)50-11-20(32)33)24(48)41-14-5-3-13(4-6-14)28(34,35)36/h2,7-9,13-14,20H,3-6,10-11H2,1H3,(H,40,49)(H,41,48)(H2,42,43,44,45)/t13-,14-. The van der Waals surface area contributed by atoms with E-state index in [4.69, 9.17) is 27.9 Å². The fourth-order valence-corrected chi connectivity index (χ4v) is 5.81. The Bertz CT molecular complexity index is 1890. The Morgan fingerprint density at radius 3 is 2.36 bits per heavy atom. The number of anilines is 2. The van der Waals surface area contributed by atoms with Gasteiger partial charge in [-0.2, -0.15) is 41.4 Å². The van der Waals surface area contributed by atoms with E-state index in [1.165, 1.54) is 25.2 Å². The Labute approximate surface area is 287 Å². The fourth-order valence-electron chi connectivity index (χ4n) is 5.28. The topological polar surface area (TPSA) is 139 Å². The number of aromatic nitrogens is 5. The van der Waals surface area contributed by atoms with Crippen molar-refractivity contribution in [3.8, 4) is 5.88 Å². The van der Waals surface area contributed by atoms with Crippen molar-refractivity contribution in [1.29, 1.82) is 0 Å². The number of nitrogens with one attached hydrogen (secondary N) is 4. The molecule has 3 aromatic heterocycles. The molecule has 1 saturated carbocycles. The van der Waals surface area contributed by atoms with E-state index in [0.29, 0.717) is 11.6 Å². The van der Waals surface area contributed by atoms with Crippen LogP contribution in [0, 0.1) is 5.92 Å². The number of carbonyl (C=O) groups is 2. The van der Waals surface area contributed by atoms with E-state index in [2.05, 4.69) is 36.0 Å². The number of aromatic amines is 1. The lowest BCUT2D eigenvalue weighted by Gasteiger charge is -2.30. The number of aryl methyl sites for hydroxylation is 1. The number of pyridine rings is 1. The zero-order chi connectivity index (χ0) is 36.5. The minimum Gasteiger partial charge on any atom is -0.471 e. The third-order valence-corrected chi connectivity index (χ3v) is 8.56. The second-order valence-electron chi connectivity index (χ2n) is 11.3. The summed E-state index contributed by atoms with van der Waals surface area (Å²) in [6.07, 6.45) is -12.2. The molecular weight excluding hydrogens is 731 g/mol. The van der Waals surface area contributed by atoms with Crippen molar-refractivity contribution >= 4 is 57.8 Å². The molecule has 21 heteroatoms. The normalized spacial score (nSPS) is 16.9. The number of fused-ring (bicyclic) bond motifs is 1. The number of ether oxygens (including phenoxy) is 1. The Hall–Kier alpha value is -4.39. The predicted molar refractivity (Wildman–Crippen MR) is 164 cm³/mol. The maximum atomic E-state index is 13.2. The summed E-state index contributed by atoms with van der Waals surface area (Å²) in [4.78, 5) is 37.0. The molecule has 0 saturated heterocycles. The number of benzene rings is 1. The largest absolute Gasteiger partial charge is 0.471 e. The fraction of sp³-hybridized carbons (Fsp3) is 0.414. The number of hydrogen-bond acceptors (Lipinski definition) is 7. The van der Waals surface area contributed by atoms with Crippen molar-refractivity contribution in [3.05, 3.63) is 56.8 Å². The van der Waals surface area contributed by atoms with E-state index in [-0.39, 0.29) is 76.3 Å². The Balaban J connectivity index is 1.34. The zero-order valence-corrected chi connectivity index (χ0v) is 27.1. The first-order valence-corrected chi connectivity index (χ1v) is 15.5. The highest BCUT2D eigenvalue weighted by Crippen LogP contribution is 2.38. The number of carbonyl (C=O) groups excluding carboxylic acids is 2. The molecular formula is C29H26Cl2F8N8O3. The first-order valence-electron chi connectivity index (χ1n) is 14.7. The van der Waals surface area contributed by atoms with Gasteiger partial charge in [0.15, 0.2) is 17.9 Å². The van der Waals surface area contributed by atoms with Gasteiger partial charge in [-0.25, -0.2) is 8.78 Å². The van der Waals surface area contributed by atoms with Gasteiger partial charge in [-0.3, -0.25) is 14.3 Å². The summed E-state index contributed by atoms with van der Waals surface area (Å²) >= 11 is 12.9. The van der Waals surface area contributed by atoms with Gasteiger partial charge >= 0.3 is 12.4 Å². The molecule has 3 heterocycles. The highest BCUT2D eigenvalue weighted by molar-refractivity contribution is 6.39. The monoisotopic (exact) mass is 756 g/mol. The Morgan fingerprint density at radius 2 is 1.74 bits per heavy atom. The SMILES string of the molecule is Cn1nc(C(F)(F)F)cc1C(=O)NCc1ccc(Cl)c(Nc2nc3nc(OCC(F)F)c(C(=O)N[C@H]4CC[C@H](C(F)(F)F)CC4)cc3[nH]2)c1Cl. The molecule has 0 bridgehead atoms. The van der Waals surface area contributed by atoms with Crippen molar-refractivity contribution in [1.82, 2.24) is 35.4 Å². The number of nitrogens with zero attached hydrogens (tertiary/aromatic N) is 4. The summed E-state index contributed by atoms with van der Waals surface area (Å²) in [5.41, 5.74) is -1.43. The third-order valence-electron chi connectivity index (χ3n) is 7.81. The summed E-state index contributed by atoms with van der Waals surface area (Å²) < 4.78 is 110. The van der Waals surface area contributed by atoms with Gasteiger partial charge in [0.05, 0.1) is 27.2 Å². The van der Waals surface area contributed by atoms with Crippen molar-refractivity contribution < 1.29 is 49.4 Å². The lowest BCUT2D eigenvalue weighted by molar-refractivity contribution is -0.182. The molecule has 0 atom stereocenters.